The fourth-order valence-electron chi connectivity index (χ4n) is 1.44. The van der Waals surface area contributed by atoms with Crippen LogP contribution in [0.25, 0.3) is 11.5 Å². The monoisotopic (exact) mass is 288 g/mol. The molecule has 0 aliphatic rings. The summed E-state index contributed by atoms with van der Waals surface area (Å²) in [5.41, 5.74) is 0.611. The Balaban J connectivity index is 2.15. The van der Waals surface area contributed by atoms with Crippen molar-refractivity contribution in [2.24, 2.45) is 0 Å². The second-order valence-corrected chi connectivity index (χ2v) is 4.26. The van der Waals surface area contributed by atoms with Crippen LogP contribution in [0.5, 0.6) is 5.75 Å². The second-order valence-electron chi connectivity index (χ2n) is 3.74. The van der Waals surface area contributed by atoms with Crippen molar-refractivity contribution in [1.29, 1.82) is 0 Å². The van der Waals surface area contributed by atoms with Crippen LogP contribution in [0.3, 0.4) is 0 Å². The average molecular weight is 289 g/mol. The molecule has 2 aromatic rings. The van der Waals surface area contributed by atoms with E-state index in [-0.39, 0.29) is 17.0 Å². The SMILES string of the molecule is CCC(Cl)c1noc(-c2ccc(OC(F)F)cc2)n1. The predicted molar refractivity (Wildman–Crippen MR) is 65.3 cm³/mol. The largest absolute Gasteiger partial charge is 0.435 e. The third-order valence-corrected chi connectivity index (χ3v) is 2.91. The van der Waals surface area contributed by atoms with E-state index in [1.54, 1.807) is 12.1 Å². The third-order valence-electron chi connectivity index (χ3n) is 2.41. The van der Waals surface area contributed by atoms with Crippen molar-refractivity contribution in [2.75, 3.05) is 0 Å². The molecule has 0 radical (unpaired) electrons. The molecule has 4 nitrogen and oxygen atoms in total. The van der Waals surface area contributed by atoms with E-state index >= 15 is 0 Å². The van der Waals surface area contributed by atoms with Crippen LogP contribution in [-0.2, 0) is 0 Å². The number of nitrogens with zero attached hydrogens (tertiary/aromatic N) is 2. The van der Waals surface area contributed by atoms with E-state index in [1.807, 2.05) is 6.92 Å². The zero-order valence-corrected chi connectivity index (χ0v) is 10.8. The number of benzene rings is 1. The quantitative estimate of drug-likeness (QED) is 0.779. The first-order chi connectivity index (χ1) is 9.10. The number of rotatable bonds is 5. The number of halogens is 3. The van der Waals surface area contributed by atoms with Crippen LogP contribution >= 0.6 is 11.6 Å². The van der Waals surface area contributed by atoms with Gasteiger partial charge < -0.3 is 9.26 Å². The Kier molecular flexibility index (Phi) is 4.31. The summed E-state index contributed by atoms with van der Waals surface area (Å²) in [7, 11) is 0. The minimum atomic E-state index is -2.84. The molecule has 1 aromatic heterocycles. The Morgan fingerprint density at radius 3 is 2.58 bits per heavy atom. The zero-order valence-electron chi connectivity index (χ0n) is 10.0. The molecule has 0 N–H and O–H groups in total. The van der Waals surface area contributed by atoms with Gasteiger partial charge in [0.1, 0.15) is 5.75 Å². The number of alkyl halides is 3. The highest BCUT2D eigenvalue weighted by atomic mass is 35.5. The van der Waals surface area contributed by atoms with Gasteiger partial charge in [-0.05, 0) is 30.7 Å². The number of hydrogen-bond donors (Lipinski definition) is 0. The predicted octanol–water partition coefficient (Wildman–Crippen LogP) is 4.03. The molecule has 19 heavy (non-hydrogen) atoms. The lowest BCUT2D eigenvalue weighted by molar-refractivity contribution is -0.0498. The fraction of sp³-hybridized carbons (Fsp3) is 0.333. The van der Waals surface area contributed by atoms with Crippen LogP contribution in [0.4, 0.5) is 8.78 Å². The number of hydrogen-bond acceptors (Lipinski definition) is 4. The molecule has 1 heterocycles. The molecule has 0 aliphatic carbocycles. The minimum Gasteiger partial charge on any atom is -0.435 e. The third kappa shape index (κ3) is 3.41. The maximum atomic E-state index is 12.0. The second kappa shape index (κ2) is 5.97. The maximum Gasteiger partial charge on any atom is 0.387 e. The smallest absolute Gasteiger partial charge is 0.387 e. The molecular formula is C12H11ClF2N2O2. The molecule has 0 spiro atoms. The van der Waals surface area contributed by atoms with Gasteiger partial charge in [0, 0.05) is 5.56 Å². The van der Waals surface area contributed by atoms with Crippen molar-refractivity contribution in [3.8, 4) is 17.2 Å². The van der Waals surface area contributed by atoms with Gasteiger partial charge >= 0.3 is 6.61 Å². The molecule has 0 bridgehead atoms. The molecule has 1 aromatic carbocycles. The summed E-state index contributed by atoms with van der Waals surface area (Å²) in [6.45, 7) is -0.938. The van der Waals surface area contributed by atoms with E-state index in [9.17, 15) is 8.78 Å². The molecule has 1 unspecified atom stereocenters. The van der Waals surface area contributed by atoms with Crippen molar-refractivity contribution >= 4 is 11.6 Å². The van der Waals surface area contributed by atoms with E-state index in [1.165, 1.54) is 12.1 Å². The van der Waals surface area contributed by atoms with Crippen LogP contribution in [-0.4, -0.2) is 16.8 Å². The van der Waals surface area contributed by atoms with Gasteiger partial charge in [-0.2, -0.15) is 13.8 Å². The highest BCUT2D eigenvalue weighted by Gasteiger charge is 2.15. The molecule has 0 fully saturated rings. The van der Waals surface area contributed by atoms with E-state index in [4.69, 9.17) is 16.1 Å². The summed E-state index contributed by atoms with van der Waals surface area (Å²) in [4.78, 5) is 4.14. The normalized spacial score (nSPS) is 12.7. The molecule has 0 aliphatic heterocycles. The van der Waals surface area contributed by atoms with Gasteiger partial charge in [-0.3, -0.25) is 0 Å². The topological polar surface area (TPSA) is 48.2 Å². The summed E-state index contributed by atoms with van der Waals surface area (Å²) >= 11 is 5.99. The van der Waals surface area contributed by atoms with E-state index < -0.39 is 6.61 Å². The van der Waals surface area contributed by atoms with Crippen molar-refractivity contribution in [2.45, 2.75) is 25.3 Å². The van der Waals surface area contributed by atoms with Crippen LogP contribution < -0.4 is 4.74 Å². The Bertz CT molecular complexity index is 531. The van der Waals surface area contributed by atoms with Gasteiger partial charge in [-0.1, -0.05) is 12.1 Å². The first kappa shape index (κ1) is 13.7. The standard InChI is InChI=1S/C12H11ClF2N2O2/c1-2-9(13)10-16-11(19-17-10)7-3-5-8(6-4-7)18-12(14)15/h3-6,9,12H,2H2,1H3. The highest BCUT2D eigenvalue weighted by Crippen LogP contribution is 2.26. The summed E-state index contributed by atoms with van der Waals surface area (Å²) in [6, 6.07) is 5.93. The first-order valence-corrected chi connectivity index (χ1v) is 6.06. The Morgan fingerprint density at radius 1 is 1.32 bits per heavy atom. The lowest BCUT2D eigenvalue weighted by Gasteiger charge is -2.03. The van der Waals surface area contributed by atoms with Crippen molar-refractivity contribution in [3.05, 3.63) is 30.1 Å². The maximum absolute atomic E-state index is 12.0. The van der Waals surface area contributed by atoms with Crippen LogP contribution in [0.2, 0.25) is 0 Å². The molecule has 0 saturated heterocycles. The lowest BCUT2D eigenvalue weighted by atomic mass is 10.2. The Morgan fingerprint density at radius 2 is 2.00 bits per heavy atom. The van der Waals surface area contributed by atoms with Crippen molar-refractivity contribution in [1.82, 2.24) is 10.1 Å². The summed E-state index contributed by atoms with van der Waals surface area (Å²) in [5, 5.41) is 3.46. The molecule has 102 valence electrons. The Hall–Kier alpha value is -1.69. The molecule has 7 heteroatoms. The van der Waals surface area contributed by atoms with Gasteiger partial charge in [0.05, 0.1) is 5.38 Å². The van der Waals surface area contributed by atoms with Crippen molar-refractivity contribution in [3.63, 3.8) is 0 Å². The van der Waals surface area contributed by atoms with E-state index in [2.05, 4.69) is 14.9 Å². The zero-order chi connectivity index (χ0) is 13.8. The van der Waals surface area contributed by atoms with Crippen LogP contribution in [0.15, 0.2) is 28.8 Å². The molecule has 1 atom stereocenters. The van der Waals surface area contributed by atoms with Gasteiger partial charge in [0.2, 0.25) is 0 Å². The Labute approximate surface area is 113 Å². The van der Waals surface area contributed by atoms with Gasteiger partial charge in [-0.15, -0.1) is 11.6 Å². The van der Waals surface area contributed by atoms with Gasteiger partial charge in [0.25, 0.3) is 5.89 Å². The number of ether oxygens (including phenoxy) is 1. The molecular weight excluding hydrogens is 278 g/mol. The molecule has 0 amide bonds. The van der Waals surface area contributed by atoms with Crippen LogP contribution in [0, 0.1) is 0 Å². The van der Waals surface area contributed by atoms with E-state index in [0.29, 0.717) is 17.8 Å². The number of aromatic nitrogens is 2. The summed E-state index contributed by atoms with van der Waals surface area (Å²) in [5.74, 6) is 0.770. The molecule has 0 saturated carbocycles. The highest BCUT2D eigenvalue weighted by molar-refractivity contribution is 6.20. The fourth-order valence-corrected chi connectivity index (χ4v) is 1.53. The van der Waals surface area contributed by atoms with Gasteiger partial charge in [-0.25, -0.2) is 0 Å². The minimum absolute atomic E-state index is 0.0715. The summed E-state index contributed by atoms with van der Waals surface area (Å²) < 4.78 is 33.3. The van der Waals surface area contributed by atoms with Gasteiger partial charge in [0.15, 0.2) is 5.82 Å². The van der Waals surface area contributed by atoms with Crippen molar-refractivity contribution < 1.29 is 18.0 Å². The molecule has 2 rings (SSSR count). The lowest BCUT2D eigenvalue weighted by Crippen LogP contribution is -2.01. The van der Waals surface area contributed by atoms with E-state index in [0.717, 1.165) is 0 Å². The average Bonchev–Trinajstić information content (AvgIpc) is 2.87. The summed E-state index contributed by atoms with van der Waals surface area (Å²) in [6.07, 6.45) is 0.682. The van der Waals surface area contributed by atoms with Crippen LogP contribution in [0.1, 0.15) is 24.5 Å². The first-order valence-electron chi connectivity index (χ1n) is 5.63.